The number of nitriles is 1. The Kier molecular flexibility index (Phi) is 6.47. The van der Waals surface area contributed by atoms with E-state index in [-0.39, 0.29) is 22.9 Å². The van der Waals surface area contributed by atoms with Gasteiger partial charge in [-0.3, -0.25) is 4.79 Å². The number of ether oxygens (including phenoxy) is 3. The van der Waals surface area contributed by atoms with Crippen molar-refractivity contribution in [3.05, 3.63) is 72.3 Å². The predicted molar refractivity (Wildman–Crippen MR) is 126 cm³/mol. The fourth-order valence-electron chi connectivity index (χ4n) is 4.45. The molecule has 0 unspecified atom stereocenters. The maximum absolute atomic E-state index is 12.9. The summed E-state index contributed by atoms with van der Waals surface area (Å²) in [6.07, 6.45) is 4.91. The lowest BCUT2D eigenvalue weighted by Crippen LogP contribution is -2.38. The molecule has 0 radical (unpaired) electrons. The Morgan fingerprint density at radius 3 is 2.41 bits per heavy atom. The highest BCUT2D eigenvalue weighted by Crippen LogP contribution is 2.59. The summed E-state index contributed by atoms with van der Waals surface area (Å²) in [6.45, 7) is 5.83. The molecule has 0 heterocycles. The summed E-state index contributed by atoms with van der Waals surface area (Å²) in [5, 5.41) is 9.68. The summed E-state index contributed by atoms with van der Waals surface area (Å²) >= 11 is 0. The number of rotatable bonds is 8. The molecule has 0 bridgehead atoms. The van der Waals surface area contributed by atoms with Gasteiger partial charge in [-0.2, -0.15) is 5.26 Å². The number of carbonyl (C=O) groups is 2. The molecule has 0 N–H and O–H groups in total. The van der Waals surface area contributed by atoms with E-state index in [1.165, 1.54) is 6.08 Å². The fraction of sp³-hybridized carbons (Fsp3) is 0.393. The minimum Gasteiger partial charge on any atom is -0.457 e. The van der Waals surface area contributed by atoms with Crippen molar-refractivity contribution in [2.45, 2.75) is 51.7 Å². The van der Waals surface area contributed by atoms with Crippen molar-refractivity contribution in [2.75, 3.05) is 0 Å². The van der Waals surface area contributed by atoms with Crippen LogP contribution in [0.2, 0.25) is 0 Å². The SMILES string of the molecule is CC1(OC(=O)/C=C\[C@H]2[C@@H](C(=O)O[C@H](C#N)c3cccc(Oc4ccccc4)c3)C2(C)C)CCC1. The molecule has 176 valence electrons. The first-order valence-corrected chi connectivity index (χ1v) is 11.6. The van der Waals surface area contributed by atoms with Gasteiger partial charge in [0.2, 0.25) is 6.10 Å². The fourth-order valence-corrected chi connectivity index (χ4v) is 4.45. The zero-order valence-corrected chi connectivity index (χ0v) is 19.7. The Labute approximate surface area is 200 Å². The van der Waals surface area contributed by atoms with Crippen molar-refractivity contribution in [3.8, 4) is 17.6 Å². The molecule has 4 rings (SSSR count). The smallest absolute Gasteiger partial charge is 0.330 e. The van der Waals surface area contributed by atoms with Gasteiger partial charge in [-0.05, 0) is 61.8 Å². The number of esters is 2. The Hall–Kier alpha value is -3.59. The molecule has 6 nitrogen and oxygen atoms in total. The highest BCUT2D eigenvalue weighted by atomic mass is 16.6. The Morgan fingerprint density at radius 1 is 1.06 bits per heavy atom. The van der Waals surface area contributed by atoms with Gasteiger partial charge in [-0.25, -0.2) is 4.79 Å². The van der Waals surface area contributed by atoms with E-state index in [0.717, 1.165) is 19.3 Å². The first kappa shape index (κ1) is 23.6. The van der Waals surface area contributed by atoms with Crippen LogP contribution in [0, 0.1) is 28.6 Å². The molecular weight excluding hydrogens is 430 g/mol. The second kappa shape index (κ2) is 9.34. The lowest BCUT2D eigenvalue weighted by atomic mass is 9.82. The van der Waals surface area contributed by atoms with Gasteiger partial charge in [0.1, 0.15) is 23.2 Å². The number of nitrogens with zero attached hydrogens (tertiary/aromatic N) is 1. The summed E-state index contributed by atoms with van der Waals surface area (Å²) in [5.41, 5.74) is -0.198. The van der Waals surface area contributed by atoms with E-state index in [1.807, 2.05) is 51.1 Å². The zero-order valence-electron chi connectivity index (χ0n) is 19.7. The Morgan fingerprint density at radius 2 is 1.76 bits per heavy atom. The van der Waals surface area contributed by atoms with Crippen molar-refractivity contribution in [1.82, 2.24) is 0 Å². The molecule has 2 aromatic rings. The molecule has 2 saturated carbocycles. The normalized spacial score (nSPS) is 22.6. The lowest BCUT2D eigenvalue weighted by Gasteiger charge is -2.37. The van der Waals surface area contributed by atoms with E-state index in [9.17, 15) is 14.9 Å². The molecule has 6 heteroatoms. The maximum atomic E-state index is 12.9. The van der Waals surface area contributed by atoms with E-state index >= 15 is 0 Å². The number of hydrogen-bond donors (Lipinski definition) is 0. The summed E-state index contributed by atoms with van der Waals surface area (Å²) in [5.74, 6) is -0.220. The average Bonchev–Trinajstić information content (AvgIpc) is 3.36. The molecule has 34 heavy (non-hydrogen) atoms. The molecule has 2 fully saturated rings. The number of carbonyl (C=O) groups excluding carboxylic acids is 2. The van der Waals surface area contributed by atoms with Crippen molar-refractivity contribution in [2.24, 2.45) is 17.3 Å². The first-order chi connectivity index (χ1) is 16.2. The van der Waals surface area contributed by atoms with Gasteiger partial charge in [-0.1, -0.05) is 50.3 Å². The third kappa shape index (κ3) is 5.14. The van der Waals surface area contributed by atoms with Gasteiger partial charge in [0, 0.05) is 11.6 Å². The summed E-state index contributed by atoms with van der Waals surface area (Å²) in [4.78, 5) is 25.1. The van der Waals surface area contributed by atoms with Gasteiger partial charge >= 0.3 is 11.9 Å². The molecule has 2 aliphatic rings. The number of hydrogen-bond acceptors (Lipinski definition) is 6. The molecular formula is C28H29NO5. The van der Waals surface area contributed by atoms with Crippen LogP contribution in [0.25, 0.3) is 0 Å². The maximum Gasteiger partial charge on any atom is 0.330 e. The van der Waals surface area contributed by atoms with Crippen LogP contribution in [0.4, 0.5) is 0 Å². The van der Waals surface area contributed by atoms with Crippen LogP contribution in [0.15, 0.2) is 66.7 Å². The number of benzene rings is 2. The summed E-state index contributed by atoms with van der Waals surface area (Å²) in [7, 11) is 0. The van der Waals surface area contributed by atoms with Gasteiger partial charge in [0.15, 0.2) is 0 Å². The van der Waals surface area contributed by atoms with E-state index in [1.54, 1.807) is 30.3 Å². The first-order valence-electron chi connectivity index (χ1n) is 11.6. The minimum atomic E-state index is -1.06. The van der Waals surface area contributed by atoms with Gasteiger partial charge < -0.3 is 14.2 Å². The van der Waals surface area contributed by atoms with Crippen LogP contribution in [-0.4, -0.2) is 17.5 Å². The van der Waals surface area contributed by atoms with Crippen molar-refractivity contribution in [3.63, 3.8) is 0 Å². The quantitative estimate of drug-likeness (QED) is 0.361. The largest absolute Gasteiger partial charge is 0.457 e. The van der Waals surface area contributed by atoms with Crippen LogP contribution < -0.4 is 4.74 Å². The summed E-state index contributed by atoms with van der Waals surface area (Å²) < 4.78 is 16.9. The third-order valence-electron chi connectivity index (χ3n) is 6.85. The van der Waals surface area contributed by atoms with E-state index in [4.69, 9.17) is 14.2 Å². The Balaban J connectivity index is 1.38. The molecule has 0 saturated heterocycles. The van der Waals surface area contributed by atoms with E-state index in [2.05, 4.69) is 6.07 Å². The number of allylic oxidation sites excluding steroid dienone is 1. The molecule has 0 spiro atoms. The highest BCUT2D eigenvalue weighted by molar-refractivity contribution is 5.84. The molecule has 0 aliphatic heterocycles. The van der Waals surface area contributed by atoms with Crippen LogP contribution in [0.3, 0.4) is 0 Å². The third-order valence-corrected chi connectivity index (χ3v) is 6.85. The number of para-hydroxylation sites is 1. The molecule has 3 atom stereocenters. The van der Waals surface area contributed by atoms with Crippen molar-refractivity contribution in [1.29, 1.82) is 5.26 Å². The minimum absolute atomic E-state index is 0.158. The molecule has 0 aromatic heterocycles. The second-order valence-corrected chi connectivity index (χ2v) is 9.84. The van der Waals surface area contributed by atoms with Gasteiger partial charge in [0.05, 0.1) is 5.92 Å². The topological polar surface area (TPSA) is 85.6 Å². The molecule has 0 amide bonds. The Bertz CT molecular complexity index is 1130. The highest BCUT2D eigenvalue weighted by Gasteiger charge is 2.61. The van der Waals surface area contributed by atoms with Gasteiger partial charge in [-0.15, -0.1) is 0 Å². The standard InChI is InChI=1S/C28H29NO5/c1-27(2)22(13-14-24(30)34-28(3)15-8-16-28)25(27)26(31)33-23(18-29)19-9-7-12-21(17-19)32-20-10-5-4-6-11-20/h4-7,9-14,17,22-23,25H,8,15-16H2,1-3H3/b14-13-/t22-,23+,25-/m0/s1. The molecule has 2 aromatic carbocycles. The van der Waals surface area contributed by atoms with Crippen LogP contribution >= 0.6 is 0 Å². The summed E-state index contributed by atoms with van der Waals surface area (Å²) in [6, 6.07) is 18.3. The van der Waals surface area contributed by atoms with E-state index < -0.39 is 18.0 Å². The zero-order chi connectivity index (χ0) is 24.3. The lowest BCUT2D eigenvalue weighted by molar-refractivity contribution is -0.160. The predicted octanol–water partition coefficient (Wildman–Crippen LogP) is 5.90. The molecule has 2 aliphatic carbocycles. The van der Waals surface area contributed by atoms with Crippen LogP contribution in [0.5, 0.6) is 11.5 Å². The van der Waals surface area contributed by atoms with Crippen LogP contribution in [0.1, 0.15) is 51.7 Å². The van der Waals surface area contributed by atoms with Crippen LogP contribution in [-0.2, 0) is 19.1 Å². The van der Waals surface area contributed by atoms with Crippen molar-refractivity contribution < 1.29 is 23.8 Å². The second-order valence-electron chi connectivity index (χ2n) is 9.84. The van der Waals surface area contributed by atoms with Gasteiger partial charge in [0.25, 0.3) is 0 Å². The average molecular weight is 460 g/mol. The monoisotopic (exact) mass is 459 g/mol. The van der Waals surface area contributed by atoms with Crippen molar-refractivity contribution >= 4 is 11.9 Å². The van der Waals surface area contributed by atoms with E-state index in [0.29, 0.717) is 17.1 Å².